The number of esters is 2. The summed E-state index contributed by atoms with van der Waals surface area (Å²) >= 11 is 0. The minimum absolute atomic E-state index is 0.166. The van der Waals surface area contributed by atoms with E-state index >= 15 is 0 Å². The first-order valence-corrected chi connectivity index (χ1v) is 15.3. The van der Waals surface area contributed by atoms with Crippen LogP contribution in [-0.2, 0) is 32.7 Å². The minimum atomic E-state index is -4.58. The largest absolute Gasteiger partial charge is 0.472 e. The maximum Gasteiger partial charge on any atom is 0.472 e. The van der Waals surface area contributed by atoms with Crippen molar-refractivity contribution in [3.8, 4) is 0 Å². The standard InChI is InChI=1S/C27H49O10P/c1-3-5-6-7-8-9-10-11-12-13-14-15-16-17-19-27(31)37-25(22-34-26(30)18-4-2)23-36-38(32,33)35-21-24(29)20-28/h7-8,10-11,24-25,28-29H,3-6,9,12-23H2,1-2H3,(H,32,33)/b8-7-,11-10-. The average Bonchev–Trinajstić information content (AvgIpc) is 2.89. The van der Waals surface area contributed by atoms with Gasteiger partial charge in [-0.2, -0.15) is 0 Å². The Bertz CT molecular complexity index is 710. The number of phosphoric ester groups is 1. The van der Waals surface area contributed by atoms with Gasteiger partial charge in [-0.3, -0.25) is 18.6 Å². The van der Waals surface area contributed by atoms with Crippen LogP contribution in [0.1, 0.15) is 97.3 Å². The van der Waals surface area contributed by atoms with Crippen LogP contribution in [0.25, 0.3) is 0 Å². The molecule has 38 heavy (non-hydrogen) atoms. The number of hydrogen-bond acceptors (Lipinski definition) is 9. The van der Waals surface area contributed by atoms with Crippen molar-refractivity contribution < 1.29 is 47.8 Å². The van der Waals surface area contributed by atoms with E-state index in [1.807, 2.05) is 6.92 Å². The number of rotatable bonds is 25. The molecule has 0 spiro atoms. The van der Waals surface area contributed by atoms with Gasteiger partial charge in [0.1, 0.15) is 12.7 Å². The van der Waals surface area contributed by atoms with Crippen molar-refractivity contribution in [3.05, 3.63) is 24.3 Å². The van der Waals surface area contributed by atoms with Crippen LogP contribution in [0.5, 0.6) is 0 Å². The molecular weight excluding hydrogens is 515 g/mol. The van der Waals surface area contributed by atoms with E-state index in [9.17, 15) is 24.2 Å². The van der Waals surface area contributed by atoms with E-state index < -0.39 is 51.8 Å². The highest BCUT2D eigenvalue weighted by Crippen LogP contribution is 2.43. The lowest BCUT2D eigenvalue weighted by Crippen LogP contribution is -2.29. The van der Waals surface area contributed by atoms with Gasteiger partial charge in [-0.1, -0.05) is 70.3 Å². The predicted octanol–water partition coefficient (Wildman–Crippen LogP) is 5.15. The Hall–Kier alpha value is -1.55. The molecular formula is C27H49O10P. The number of carbonyl (C=O) groups is 2. The molecule has 0 aromatic rings. The monoisotopic (exact) mass is 564 g/mol. The summed E-state index contributed by atoms with van der Waals surface area (Å²) in [5.41, 5.74) is 0. The third-order valence-electron chi connectivity index (χ3n) is 5.33. The number of allylic oxidation sites excluding steroid dienone is 4. The first-order chi connectivity index (χ1) is 18.2. The molecule has 222 valence electrons. The SMILES string of the molecule is CCCC/C=C\C/C=C\CCCCCCCC(=O)OC(COC(=O)CCC)COP(=O)(O)OCC(O)CO. The van der Waals surface area contributed by atoms with Gasteiger partial charge in [-0.05, 0) is 38.5 Å². The Morgan fingerprint density at radius 2 is 1.42 bits per heavy atom. The lowest BCUT2D eigenvalue weighted by atomic mass is 10.1. The molecule has 0 aromatic carbocycles. The minimum Gasteiger partial charge on any atom is -0.462 e. The van der Waals surface area contributed by atoms with E-state index in [2.05, 4.69) is 35.8 Å². The average molecular weight is 565 g/mol. The van der Waals surface area contributed by atoms with Crippen LogP contribution >= 0.6 is 7.82 Å². The molecule has 0 aromatic heterocycles. The summed E-state index contributed by atoms with van der Waals surface area (Å²) in [6.45, 7) is 1.86. The van der Waals surface area contributed by atoms with Gasteiger partial charge in [0, 0.05) is 12.8 Å². The fourth-order valence-corrected chi connectivity index (χ4v) is 3.95. The van der Waals surface area contributed by atoms with Crippen LogP contribution in [0.2, 0.25) is 0 Å². The van der Waals surface area contributed by atoms with E-state index in [0.717, 1.165) is 44.9 Å². The first-order valence-electron chi connectivity index (χ1n) is 13.8. The zero-order valence-electron chi connectivity index (χ0n) is 23.1. The number of carbonyl (C=O) groups excluding carboxylic acids is 2. The van der Waals surface area contributed by atoms with Gasteiger partial charge in [-0.15, -0.1) is 0 Å². The lowest BCUT2D eigenvalue weighted by Gasteiger charge is -2.20. The van der Waals surface area contributed by atoms with Crippen molar-refractivity contribution in [2.24, 2.45) is 0 Å². The quantitative estimate of drug-likeness (QED) is 0.0588. The summed E-state index contributed by atoms with van der Waals surface area (Å²) in [5.74, 6) is -1.01. The maximum absolute atomic E-state index is 12.3. The lowest BCUT2D eigenvalue weighted by molar-refractivity contribution is -0.161. The van der Waals surface area contributed by atoms with Crippen molar-refractivity contribution in [1.82, 2.24) is 0 Å². The summed E-state index contributed by atoms with van der Waals surface area (Å²) in [5, 5.41) is 18.0. The molecule has 3 N–H and O–H groups in total. The van der Waals surface area contributed by atoms with Crippen molar-refractivity contribution in [1.29, 1.82) is 0 Å². The van der Waals surface area contributed by atoms with E-state index in [1.165, 1.54) is 12.8 Å². The van der Waals surface area contributed by atoms with Crippen LogP contribution in [0.3, 0.4) is 0 Å². The molecule has 0 saturated heterocycles. The van der Waals surface area contributed by atoms with Crippen molar-refractivity contribution >= 4 is 19.8 Å². The van der Waals surface area contributed by atoms with E-state index in [0.29, 0.717) is 12.8 Å². The topological polar surface area (TPSA) is 149 Å². The smallest absolute Gasteiger partial charge is 0.462 e. The number of phosphoric acid groups is 1. The summed E-state index contributed by atoms with van der Waals surface area (Å²) in [6, 6.07) is 0. The molecule has 0 heterocycles. The Kier molecular flexibility index (Phi) is 23.5. The van der Waals surface area contributed by atoms with Crippen molar-refractivity contribution in [3.63, 3.8) is 0 Å². The molecule has 0 rings (SSSR count). The Balaban J connectivity index is 4.27. The highest BCUT2D eigenvalue weighted by molar-refractivity contribution is 7.47. The fourth-order valence-electron chi connectivity index (χ4n) is 3.16. The number of unbranched alkanes of at least 4 members (excludes halogenated alkanes) is 7. The number of hydrogen-bond donors (Lipinski definition) is 3. The van der Waals surface area contributed by atoms with E-state index in [1.54, 1.807) is 0 Å². The number of ether oxygens (including phenoxy) is 2. The van der Waals surface area contributed by atoms with E-state index in [-0.39, 0.29) is 19.4 Å². The molecule has 0 bridgehead atoms. The van der Waals surface area contributed by atoms with Crippen LogP contribution in [0.4, 0.5) is 0 Å². The molecule has 0 aliphatic rings. The van der Waals surface area contributed by atoms with Gasteiger partial charge in [0.25, 0.3) is 0 Å². The van der Waals surface area contributed by atoms with Crippen molar-refractivity contribution in [2.45, 2.75) is 110 Å². The summed E-state index contributed by atoms with van der Waals surface area (Å²) < 4.78 is 31.7. The molecule has 0 aliphatic heterocycles. The summed E-state index contributed by atoms with van der Waals surface area (Å²) in [6.07, 6.45) is 17.7. The normalized spacial score (nSPS) is 15.0. The van der Waals surface area contributed by atoms with Gasteiger partial charge >= 0.3 is 19.8 Å². The van der Waals surface area contributed by atoms with Crippen LogP contribution in [-0.4, -0.2) is 65.7 Å². The number of aliphatic hydroxyl groups is 2. The second-order valence-electron chi connectivity index (χ2n) is 9.07. The van der Waals surface area contributed by atoms with Crippen LogP contribution in [0, 0.1) is 0 Å². The Morgan fingerprint density at radius 3 is 2.08 bits per heavy atom. The summed E-state index contributed by atoms with van der Waals surface area (Å²) in [7, 11) is -4.58. The van der Waals surface area contributed by atoms with Gasteiger partial charge in [0.15, 0.2) is 6.10 Å². The molecule has 0 aliphatic carbocycles. The van der Waals surface area contributed by atoms with Gasteiger partial charge in [0.05, 0.1) is 19.8 Å². The number of aliphatic hydroxyl groups excluding tert-OH is 2. The molecule has 11 heteroatoms. The maximum atomic E-state index is 12.3. The third-order valence-corrected chi connectivity index (χ3v) is 6.28. The molecule has 0 fully saturated rings. The molecule has 0 amide bonds. The van der Waals surface area contributed by atoms with Gasteiger partial charge in [0.2, 0.25) is 0 Å². The van der Waals surface area contributed by atoms with Crippen LogP contribution < -0.4 is 0 Å². The zero-order valence-corrected chi connectivity index (χ0v) is 24.0. The molecule has 3 atom stereocenters. The van der Waals surface area contributed by atoms with E-state index in [4.69, 9.17) is 19.1 Å². The van der Waals surface area contributed by atoms with Crippen molar-refractivity contribution in [2.75, 3.05) is 26.4 Å². The molecule has 3 unspecified atom stereocenters. The highest BCUT2D eigenvalue weighted by Gasteiger charge is 2.27. The third kappa shape index (κ3) is 23.6. The Morgan fingerprint density at radius 1 is 0.789 bits per heavy atom. The highest BCUT2D eigenvalue weighted by atomic mass is 31.2. The first kappa shape index (κ1) is 36.5. The zero-order chi connectivity index (χ0) is 28.5. The second kappa shape index (κ2) is 24.5. The second-order valence-corrected chi connectivity index (χ2v) is 10.5. The predicted molar refractivity (Wildman–Crippen MR) is 145 cm³/mol. The van der Waals surface area contributed by atoms with Gasteiger partial charge < -0.3 is 24.6 Å². The van der Waals surface area contributed by atoms with Crippen LogP contribution in [0.15, 0.2) is 24.3 Å². The summed E-state index contributed by atoms with van der Waals surface area (Å²) in [4.78, 5) is 33.6. The Labute approximate surface area is 228 Å². The molecule has 0 saturated carbocycles. The molecule has 10 nitrogen and oxygen atoms in total. The van der Waals surface area contributed by atoms with Gasteiger partial charge in [-0.25, -0.2) is 4.57 Å². The fraction of sp³-hybridized carbons (Fsp3) is 0.778. The molecule has 0 radical (unpaired) electrons.